The lowest BCUT2D eigenvalue weighted by molar-refractivity contribution is -0.137. The number of ether oxygens (including phenoxy) is 3. The standard InChI is InChI=1S/C32H31FN2O5/c1-17-10-19(27(35)13-22(15-34)38-3)11-18(2)31(17)24-6-8-26(33)32-25(24)7-9-28(32)40-21-4-5-23-20(12-30(36)37)16-39-29(23)14-21/h4-6,8,10-11,13-15,20,28,34-35H,7,9,12,16H2,1-3H3,(H,36,37)/b22-13+,34-15?,35-27?/t20?,28-/m1/s1. The Balaban J connectivity index is 1.44. The number of hydrogen-bond donors (Lipinski definition) is 3. The van der Waals surface area contributed by atoms with E-state index in [0.29, 0.717) is 47.8 Å². The molecule has 0 amide bonds. The zero-order valence-corrected chi connectivity index (χ0v) is 22.6. The summed E-state index contributed by atoms with van der Waals surface area (Å²) in [7, 11) is 1.46. The maximum Gasteiger partial charge on any atom is 0.304 e. The summed E-state index contributed by atoms with van der Waals surface area (Å²) in [6.07, 6.45) is 3.40. The van der Waals surface area contributed by atoms with E-state index >= 15 is 4.39 Å². The monoisotopic (exact) mass is 542 g/mol. The van der Waals surface area contributed by atoms with Crippen LogP contribution < -0.4 is 9.47 Å². The van der Waals surface area contributed by atoms with Crippen LogP contribution in [0.15, 0.2) is 54.3 Å². The minimum atomic E-state index is -0.867. The fourth-order valence-electron chi connectivity index (χ4n) is 5.83. The molecular formula is C32H31FN2O5. The molecule has 0 radical (unpaired) electrons. The first kappa shape index (κ1) is 27.1. The minimum Gasteiger partial charge on any atom is -0.495 e. The van der Waals surface area contributed by atoms with Gasteiger partial charge in [0.15, 0.2) is 0 Å². The summed E-state index contributed by atoms with van der Waals surface area (Å²) in [5.41, 5.74) is 7.16. The quantitative estimate of drug-likeness (QED) is 0.206. The highest BCUT2D eigenvalue weighted by atomic mass is 19.1. The molecule has 3 aromatic carbocycles. The molecule has 0 spiro atoms. The van der Waals surface area contributed by atoms with Gasteiger partial charge in [0.05, 0.1) is 32.1 Å². The number of hydrogen-bond acceptors (Lipinski definition) is 6. The van der Waals surface area contributed by atoms with Crippen LogP contribution in [0.5, 0.6) is 11.5 Å². The fourth-order valence-corrected chi connectivity index (χ4v) is 5.83. The number of carboxylic acids is 1. The van der Waals surface area contributed by atoms with Crippen LogP contribution in [0.1, 0.15) is 58.2 Å². The van der Waals surface area contributed by atoms with Gasteiger partial charge in [0.1, 0.15) is 29.2 Å². The second-order valence-electron chi connectivity index (χ2n) is 10.2. The summed E-state index contributed by atoms with van der Waals surface area (Å²) < 4.78 is 32.4. The number of carboxylic acid groups (broad SMARTS) is 1. The third-order valence-electron chi connectivity index (χ3n) is 7.62. The molecule has 206 valence electrons. The number of rotatable bonds is 9. The van der Waals surface area contributed by atoms with Gasteiger partial charge in [-0.25, -0.2) is 4.39 Å². The summed E-state index contributed by atoms with van der Waals surface area (Å²) in [4.78, 5) is 11.2. The van der Waals surface area contributed by atoms with Crippen LogP contribution in [-0.4, -0.2) is 36.7 Å². The third kappa shape index (κ3) is 5.09. The number of halogens is 1. The van der Waals surface area contributed by atoms with Crippen LogP contribution in [0.4, 0.5) is 4.39 Å². The molecule has 3 aromatic rings. The van der Waals surface area contributed by atoms with E-state index in [0.717, 1.165) is 39.6 Å². The SMILES string of the molecule is CO/C(C=N)=C/C(=N)c1cc(C)c(-c2ccc(F)c3c2CC[C@H]3Oc2ccc3c(c2)OCC3CC(=O)O)c(C)c1. The van der Waals surface area contributed by atoms with E-state index in [1.165, 1.54) is 19.3 Å². The predicted octanol–water partition coefficient (Wildman–Crippen LogP) is 6.67. The molecule has 3 N–H and O–H groups in total. The number of benzene rings is 3. The number of methoxy groups -OCH3 is 1. The number of aliphatic carboxylic acids is 1. The Morgan fingerprint density at radius 1 is 1.18 bits per heavy atom. The van der Waals surface area contributed by atoms with Crippen molar-refractivity contribution in [3.63, 3.8) is 0 Å². The molecule has 1 aliphatic carbocycles. The van der Waals surface area contributed by atoms with Crippen LogP contribution in [0.3, 0.4) is 0 Å². The van der Waals surface area contributed by atoms with E-state index in [2.05, 4.69) is 0 Å². The minimum absolute atomic E-state index is 0.00676. The van der Waals surface area contributed by atoms with Gasteiger partial charge in [-0.05, 0) is 78.8 Å². The molecule has 5 rings (SSSR count). The Kier molecular flexibility index (Phi) is 7.43. The Labute approximate surface area is 232 Å². The summed E-state index contributed by atoms with van der Waals surface area (Å²) in [5.74, 6) is 0.0972. The molecule has 2 aliphatic rings. The highest BCUT2D eigenvalue weighted by Gasteiger charge is 2.32. The van der Waals surface area contributed by atoms with Crippen LogP contribution in [0.25, 0.3) is 11.1 Å². The maximum atomic E-state index is 15.3. The van der Waals surface area contributed by atoms with Crippen molar-refractivity contribution in [1.29, 1.82) is 10.8 Å². The number of fused-ring (bicyclic) bond motifs is 2. The van der Waals surface area contributed by atoms with Crippen molar-refractivity contribution in [3.8, 4) is 22.6 Å². The van der Waals surface area contributed by atoms with E-state index < -0.39 is 12.1 Å². The molecule has 7 nitrogen and oxygen atoms in total. The van der Waals surface area contributed by atoms with Gasteiger partial charge >= 0.3 is 5.97 Å². The number of allylic oxidation sites excluding steroid dienone is 2. The average molecular weight is 543 g/mol. The lowest BCUT2D eigenvalue weighted by Gasteiger charge is -2.19. The largest absolute Gasteiger partial charge is 0.495 e. The van der Waals surface area contributed by atoms with Gasteiger partial charge in [0.2, 0.25) is 0 Å². The molecule has 0 bridgehead atoms. The van der Waals surface area contributed by atoms with E-state index in [1.54, 1.807) is 12.1 Å². The van der Waals surface area contributed by atoms with Crippen molar-refractivity contribution in [2.75, 3.05) is 13.7 Å². The zero-order valence-electron chi connectivity index (χ0n) is 22.6. The number of aryl methyl sites for hydroxylation is 2. The molecule has 0 aromatic heterocycles. The highest BCUT2D eigenvalue weighted by Crippen LogP contribution is 2.45. The van der Waals surface area contributed by atoms with E-state index in [9.17, 15) is 4.79 Å². The van der Waals surface area contributed by atoms with Gasteiger partial charge in [0.25, 0.3) is 0 Å². The van der Waals surface area contributed by atoms with Gasteiger partial charge in [-0.1, -0.05) is 12.1 Å². The summed E-state index contributed by atoms with van der Waals surface area (Å²) in [6, 6.07) is 12.6. The van der Waals surface area contributed by atoms with Gasteiger partial charge in [0, 0.05) is 34.8 Å². The molecular weight excluding hydrogens is 511 g/mol. The van der Waals surface area contributed by atoms with Gasteiger partial charge in [-0.15, -0.1) is 0 Å². The van der Waals surface area contributed by atoms with Gasteiger partial charge in [-0.2, -0.15) is 0 Å². The van der Waals surface area contributed by atoms with E-state index in [1.807, 2.05) is 38.1 Å². The molecule has 1 heterocycles. The second-order valence-corrected chi connectivity index (χ2v) is 10.2. The van der Waals surface area contributed by atoms with E-state index in [-0.39, 0.29) is 23.9 Å². The number of carbonyl (C=O) groups is 1. The first-order chi connectivity index (χ1) is 19.2. The van der Waals surface area contributed by atoms with Crippen LogP contribution >= 0.6 is 0 Å². The molecule has 0 fully saturated rings. The van der Waals surface area contributed by atoms with Gasteiger partial charge in [-0.3, -0.25) is 4.79 Å². The molecule has 40 heavy (non-hydrogen) atoms. The first-order valence-electron chi connectivity index (χ1n) is 13.1. The normalized spacial score (nSPS) is 17.6. The van der Waals surface area contributed by atoms with Crippen molar-refractivity contribution >= 4 is 17.9 Å². The Morgan fingerprint density at radius 2 is 1.93 bits per heavy atom. The zero-order chi connectivity index (χ0) is 28.6. The van der Waals surface area contributed by atoms with Crippen molar-refractivity contribution < 1.29 is 28.5 Å². The first-order valence-corrected chi connectivity index (χ1v) is 13.1. The second kappa shape index (κ2) is 11.0. The Morgan fingerprint density at radius 3 is 2.60 bits per heavy atom. The third-order valence-corrected chi connectivity index (χ3v) is 7.62. The Hall–Kier alpha value is -4.46. The highest BCUT2D eigenvalue weighted by molar-refractivity contribution is 6.09. The van der Waals surface area contributed by atoms with Crippen molar-refractivity contribution in [2.45, 2.75) is 45.1 Å². The summed E-state index contributed by atoms with van der Waals surface area (Å²) in [6.45, 7) is 4.29. The van der Waals surface area contributed by atoms with Crippen molar-refractivity contribution in [3.05, 3.63) is 93.5 Å². The van der Waals surface area contributed by atoms with Crippen molar-refractivity contribution in [1.82, 2.24) is 0 Å². The van der Waals surface area contributed by atoms with Crippen LogP contribution in [0.2, 0.25) is 0 Å². The van der Waals surface area contributed by atoms with E-state index in [4.69, 9.17) is 30.1 Å². The number of nitrogens with one attached hydrogen (secondary N) is 2. The summed E-state index contributed by atoms with van der Waals surface area (Å²) in [5, 5.41) is 25.0. The van der Waals surface area contributed by atoms with Gasteiger partial charge < -0.3 is 30.1 Å². The van der Waals surface area contributed by atoms with Crippen LogP contribution in [-0.2, 0) is 16.0 Å². The van der Waals surface area contributed by atoms with Crippen molar-refractivity contribution in [2.24, 2.45) is 0 Å². The predicted molar refractivity (Wildman–Crippen MR) is 151 cm³/mol. The lowest BCUT2D eigenvalue weighted by atomic mass is 9.88. The summed E-state index contributed by atoms with van der Waals surface area (Å²) >= 11 is 0. The molecule has 1 unspecified atom stereocenters. The molecule has 8 heteroatoms. The maximum absolute atomic E-state index is 15.3. The van der Waals surface area contributed by atoms with Crippen LogP contribution in [0, 0.1) is 30.5 Å². The topological polar surface area (TPSA) is 113 Å². The molecule has 0 saturated carbocycles. The smallest absolute Gasteiger partial charge is 0.304 e. The molecule has 0 saturated heterocycles. The fraction of sp³-hybridized carbons (Fsp3) is 0.281. The molecule has 2 atom stereocenters. The lowest BCUT2D eigenvalue weighted by Crippen LogP contribution is -2.07. The average Bonchev–Trinajstić information content (AvgIpc) is 3.52. The Bertz CT molecular complexity index is 1540. The molecule has 1 aliphatic heterocycles.